The van der Waals surface area contributed by atoms with Gasteiger partial charge in [-0.3, -0.25) is 0 Å². The van der Waals surface area contributed by atoms with Crippen molar-refractivity contribution in [3.63, 3.8) is 0 Å². The maximum Gasteiger partial charge on any atom is 0.407 e. The molecule has 36 heavy (non-hydrogen) atoms. The van der Waals surface area contributed by atoms with Gasteiger partial charge in [-0.2, -0.15) is 0 Å². The van der Waals surface area contributed by atoms with Crippen molar-refractivity contribution in [2.45, 2.75) is 52.2 Å². The van der Waals surface area contributed by atoms with Crippen molar-refractivity contribution in [3.05, 3.63) is 59.7 Å². The van der Waals surface area contributed by atoms with Crippen LogP contribution in [0.4, 0.5) is 4.79 Å². The lowest BCUT2D eigenvalue weighted by Crippen LogP contribution is -2.46. The number of carbonyl (C=O) groups is 2. The minimum atomic E-state index is -3.50. The maximum atomic E-state index is 12.9. The standard InChI is InChI=1S/C26H34NO7PS/c1-6-32-35(30,33-7-2)36-17-23(24(28)34-26(3,4)5)27-25(29)31-16-22-20-14-10-8-12-18(20)19-13-9-11-15-21(19)22/h8-15,22-23H,6-7,16-17H2,1-5H3,(H,27,29)/t23-/m0/s1. The number of benzene rings is 2. The minimum Gasteiger partial charge on any atom is -0.458 e. The number of hydrogen-bond donors (Lipinski definition) is 1. The number of hydrogen-bond acceptors (Lipinski definition) is 8. The topological polar surface area (TPSA) is 100 Å². The molecular weight excluding hydrogens is 501 g/mol. The second-order valence-corrected chi connectivity index (χ2v) is 13.3. The van der Waals surface area contributed by atoms with Crippen molar-refractivity contribution in [3.8, 4) is 11.1 Å². The number of nitrogens with one attached hydrogen (secondary N) is 1. The Labute approximate surface area is 216 Å². The Morgan fingerprint density at radius 2 is 1.50 bits per heavy atom. The largest absolute Gasteiger partial charge is 0.458 e. The number of ether oxygens (including phenoxy) is 2. The quantitative estimate of drug-likeness (QED) is 0.270. The Morgan fingerprint density at radius 1 is 0.972 bits per heavy atom. The van der Waals surface area contributed by atoms with Gasteiger partial charge in [-0.25, -0.2) is 14.2 Å². The maximum absolute atomic E-state index is 12.9. The van der Waals surface area contributed by atoms with E-state index in [-0.39, 0.29) is 31.5 Å². The molecule has 0 bridgehead atoms. The number of carbonyl (C=O) groups excluding carboxylic acids is 2. The van der Waals surface area contributed by atoms with Gasteiger partial charge in [0.2, 0.25) is 0 Å². The first-order valence-corrected chi connectivity index (χ1v) is 15.1. The summed E-state index contributed by atoms with van der Waals surface area (Å²) in [6, 6.07) is 14.9. The van der Waals surface area contributed by atoms with Gasteiger partial charge in [-0.1, -0.05) is 48.5 Å². The van der Waals surface area contributed by atoms with Crippen LogP contribution < -0.4 is 5.32 Å². The van der Waals surface area contributed by atoms with E-state index in [9.17, 15) is 14.2 Å². The van der Waals surface area contributed by atoms with E-state index in [0.717, 1.165) is 33.6 Å². The van der Waals surface area contributed by atoms with Crippen LogP contribution >= 0.6 is 18.2 Å². The van der Waals surface area contributed by atoms with Crippen LogP contribution in [-0.4, -0.2) is 49.3 Å². The first kappa shape index (κ1) is 28.3. The second kappa shape index (κ2) is 12.3. The number of amides is 1. The third-order valence-corrected chi connectivity index (χ3v) is 9.28. The predicted molar refractivity (Wildman–Crippen MR) is 141 cm³/mol. The molecule has 2 aromatic rings. The van der Waals surface area contributed by atoms with E-state index in [1.54, 1.807) is 34.6 Å². The fourth-order valence-electron chi connectivity index (χ4n) is 3.92. The van der Waals surface area contributed by atoms with E-state index >= 15 is 0 Å². The average Bonchev–Trinajstić information content (AvgIpc) is 3.13. The van der Waals surface area contributed by atoms with Gasteiger partial charge in [-0.05, 0) is 68.3 Å². The summed E-state index contributed by atoms with van der Waals surface area (Å²) in [6.07, 6.45) is -0.768. The Hall–Kier alpha value is -2.32. The molecule has 2 aromatic carbocycles. The summed E-state index contributed by atoms with van der Waals surface area (Å²) in [7, 11) is 0. The normalized spacial score (nSPS) is 14.0. The van der Waals surface area contributed by atoms with Crippen LogP contribution in [0.3, 0.4) is 0 Å². The minimum absolute atomic E-state index is 0.0730. The summed E-state index contributed by atoms with van der Waals surface area (Å²) < 4.78 is 34.5. The molecule has 1 amide bonds. The van der Waals surface area contributed by atoms with E-state index < -0.39 is 30.5 Å². The van der Waals surface area contributed by atoms with E-state index in [2.05, 4.69) is 17.4 Å². The average molecular weight is 536 g/mol. The highest BCUT2D eigenvalue weighted by molar-refractivity contribution is 8.55. The zero-order chi connectivity index (χ0) is 26.3. The Morgan fingerprint density at radius 3 is 2.00 bits per heavy atom. The van der Waals surface area contributed by atoms with Crippen molar-refractivity contribution >= 4 is 30.2 Å². The van der Waals surface area contributed by atoms with Crippen LogP contribution in [-0.2, 0) is 27.9 Å². The lowest BCUT2D eigenvalue weighted by molar-refractivity contribution is -0.156. The first-order chi connectivity index (χ1) is 17.1. The molecule has 0 saturated carbocycles. The summed E-state index contributed by atoms with van der Waals surface area (Å²) in [5.74, 6) is -0.854. The summed E-state index contributed by atoms with van der Waals surface area (Å²) in [4.78, 5) is 25.6. The third kappa shape index (κ3) is 7.35. The number of esters is 1. The van der Waals surface area contributed by atoms with Gasteiger partial charge in [0.25, 0.3) is 0 Å². The smallest absolute Gasteiger partial charge is 0.407 e. The summed E-state index contributed by atoms with van der Waals surface area (Å²) >= 11 is 0.842. The Bertz CT molecular complexity index is 1060. The van der Waals surface area contributed by atoms with E-state index in [1.807, 2.05) is 36.4 Å². The van der Waals surface area contributed by atoms with Crippen molar-refractivity contribution in [1.29, 1.82) is 0 Å². The van der Waals surface area contributed by atoms with Crippen LogP contribution in [0.2, 0.25) is 0 Å². The predicted octanol–water partition coefficient (Wildman–Crippen LogP) is 6.15. The molecule has 1 N–H and O–H groups in total. The van der Waals surface area contributed by atoms with Gasteiger partial charge in [0.05, 0.1) is 13.2 Å². The Balaban J connectivity index is 1.69. The van der Waals surface area contributed by atoms with Gasteiger partial charge in [0.15, 0.2) is 0 Å². The monoisotopic (exact) mass is 535 g/mol. The lowest BCUT2D eigenvalue weighted by Gasteiger charge is -2.25. The molecule has 0 aliphatic heterocycles. The molecule has 0 heterocycles. The van der Waals surface area contributed by atoms with Crippen molar-refractivity contribution in [2.75, 3.05) is 25.6 Å². The zero-order valence-corrected chi connectivity index (χ0v) is 23.0. The molecule has 0 unspecified atom stereocenters. The molecule has 196 valence electrons. The molecule has 3 rings (SSSR count). The van der Waals surface area contributed by atoms with E-state index in [0.29, 0.717) is 0 Å². The highest BCUT2D eigenvalue weighted by Crippen LogP contribution is 2.60. The third-order valence-electron chi connectivity index (χ3n) is 5.30. The molecule has 8 nitrogen and oxygen atoms in total. The Kier molecular flexibility index (Phi) is 9.64. The van der Waals surface area contributed by atoms with Crippen molar-refractivity contribution < 1.29 is 32.7 Å². The van der Waals surface area contributed by atoms with Gasteiger partial charge < -0.3 is 23.8 Å². The molecule has 1 aliphatic rings. The molecule has 0 spiro atoms. The number of rotatable bonds is 11. The molecule has 1 aliphatic carbocycles. The number of alkyl carbamates (subject to hydrolysis) is 1. The molecule has 0 fully saturated rings. The van der Waals surface area contributed by atoms with E-state index in [1.165, 1.54) is 0 Å². The molecule has 10 heteroatoms. The van der Waals surface area contributed by atoms with Crippen molar-refractivity contribution in [2.24, 2.45) is 0 Å². The summed E-state index contributed by atoms with van der Waals surface area (Å²) in [6.45, 7) is 5.56. The van der Waals surface area contributed by atoms with Crippen molar-refractivity contribution in [1.82, 2.24) is 5.32 Å². The highest BCUT2D eigenvalue weighted by atomic mass is 32.7. The van der Waals surface area contributed by atoms with E-state index in [4.69, 9.17) is 18.5 Å². The highest BCUT2D eigenvalue weighted by Gasteiger charge is 2.34. The lowest BCUT2D eigenvalue weighted by atomic mass is 9.98. The molecule has 0 aromatic heterocycles. The van der Waals surface area contributed by atoms with Crippen LogP contribution in [0.1, 0.15) is 51.7 Å². The summed E-state index contributed by atoms with van der Waals surface area (Å²) in [5, 5.41) is 2.58. The van der Waals surface area contributed by atoms with Gasteiger partial charge in [0, 0.05) is 11.7 Å². The van der Waals surface area contributed by atoms with Crippen LogP contribution in [0.5, 0.6) is 0 Å². The van der Waals surface area contributed by atoms with Gasteiger partial charge >= 0.3 is 18.9 Å². The fourth-order valence-corrected chi connectivity index (χ4v) is 7.40. The fraction of sp³-hybridized carbons (Fsp3) is 0.462. The molecule has 0 radical (unpaired) electrons. The number of fused-ring (bicyclic) bond motifs is 3. The second-order valence-electron chi connectivity index (χ2n) is 9.13. The van der Waals surface area contributed by atoms with Gasteiger partial charge in [0.1, 0.15) is 18.2 Å². The molecular formula is C26H34NO7PS. The van der Waals surface area contributed by atoms with Gasteiger partial charge in [-0.15, -0.1) is 0 Å². The zero-order valence-electron chi connectivity index (χ0n) is 21.3. The summed E-state index contributed by atoms with van der Waals surface area (Å²) in [5.41, 5.74) is 3.63. The van der Waals surface area contributed by atoms with Crippen LogP contribution in [0, 0.1) is 0 Å². The van der Waals surface area contributed by atoms with Crippen LogP contribution in [0.25, 0.3) is 11.1 Å². The first-order valence-electron chi connectivity index (χ1n) is 11.9. The molecule has 1 atom stereocenters. The van der Waals surface area contributed by atoms with Crippen LogP contribution in [0.15, 0.2) is 48.5 Å². The molecule has 0 saturated heterocycles. The SMILES string of the molecule is CCOP(=O)(OCC)SC[C@H](NC(=O)OCC1c2ccccc2-c2ccccc21)C(=O)OC(C)(C)C.